The molecule has 0 radical (unpaired) electrons. The lowest BCUT2D eigenvalue weighted by molar-refractivity contribution is -0.132. The molecule has 5 nitrogen and oxygen atoms in total. The summed E-state index contributed by atoms with van der Waals surface area (Å²) in [5.74, 6) is 1.89. The van der Waals surface area contributed by atoms with Gasteiger partial charge in [-0.25, -0.2) is 0 Å². The number of ether oxygens (including phenoxy) is 2. The van der Waals surface area contributed by atoms with Crippen LogP contribution in [0.2, 0.25) is 0 Å². The van der Waals surface area contributed by atoms with Crippen molar-refractivity contribution in [3.05, 3.63) is 23.8 Å². The Labute approximate surface area is 144 Å². The van der Waals surface area contributed by atoms with Crippen molar-refractivity contribution in [1.29, 1.82) is 0 Å². The molecular weight excluding hydrogens is 304 g/mol. The second-order valence-electron chi connectivity index (χ2n) is 6.60. The summed E-state index contributed by atoms with van der Waals surface area (Å²) in [5.41, 5.74) is 1.09. The molecule has 2 heterocycles. The van der Waals surface area contributed by atoms with Crippen LogP contribution in [0.3, 0.4) is 0 Å². The van der Waals surface area contributed by atoms with Crippen LogP contribution in [0.1, 0.15) is 44.6 Å². The Balaban J connectivity index is 1.60. The molecule has 24 heavy (non-hydrogen) atoms. The first-order valence-corrected chi connectivity index (χ1v) is 9.15. The Kier molecular flexibility index (Phi) is 5.96. The molecule has 3 rings (SSSR count). The highest BCUT2D eigenvalue weighted by atomic mass is 16.7. The lowest BCUT2D eigenvalue weighted by Gasteiger charge is -2.28. The minimum Gasteiger partial charge on any atom is -0.454 e. The van der Waals surface area contributed by atoms with E-state index >= 15 is 0 Å². The van der Waals surface area contributed by atoms with Crippen LogP contribution in [0, 0.1) is 0 Å². The molecule has 132 valence electrons. The Bertz CT molecular complexity index is 554. The summed E-state index contributed by atoms with van der Waals surface area (Å²) >= 11 is 0. The summed E-state index contributed by atoms with van der Waals surface area (Å²) in [6.07, 6.45) is 6.07. The van der Waals surface area contributed by atoms with E-state index in [2.05, 4.69) is 22.8 Å². The molecule has 1 amide bonds. The van der Waals surface area contributed by atoms with Crippen molar-refractivity contribution in [3.8, 4) is 11.5 Å². The number of likely N-dealkylation sites (N-methyl/N-ethyl adjacent to an activating group) is 1. The Morgan fingerprint density at radius 1 is 1.12 bits per heavy atom. The maximum Gasteiger partial charge on any atom is 0.236 e. The lowest BCUT2D eigenvalue weighted by Crippen LogP contribution is -2.41. The zero-order valence-corrected chi connectivity index (χ0v) is 14.6. The summed E-state index contributed by atoms with van der Waals surface area (Å²) in [7, 11) is 0. The standard InChI is InChI=1S/C19H28N2O3/c1-2-20(13-16-9-8-10-17-19(16)24-15-23-17)14-18(22)21-11-6-4-3-5-7-12-21/h8-10H,2-7,11-15H2,1H3. The number of likely N-dealkylation sites (tertiary alicyclic amines) is 1. The summed E-state index contributed by atoms with van der Waals surface area (Å²) in [4.78, 5) is 16.9. The molecule has 0 aromatic heterocycles. The first-order valence-electron chi connectivity index (χ1n) is 9.15. The Hall–Kier alpha value is -1.75. The van der Waals surface area contributed by atoms with Crippen LogP contribution >= 0.6 is 0 Å². The first kappa shape index (κ1) is 17.1. The lowest BCUT2D eigenvalue weighted by atomic mass is 10.1. The fourth-order valence-corrected chi connectivity index (χ4v) is 3.42. The van der Waals surface area contributed by atoms with Crippen molar-refractivity contribution in [2.75, 3.05) is 33.0 Å². The van der Waals surface area contributed by atoms with Gasteiger partial charge in [-0.2, -0.15) is 0 Å². The number of para-hydroxylation sites is 1. The van der Waals surface area contributed by atoms with Crippen molar-refractivity contribution in [3.63, 3.8) is 0 Å². The molecule has 0 N–H and O–H groups in total. The topological polar surface area (TPSA) is 42.0 Å². The molecule has 0 saturated carbocycles. The summed E-state index contributed by atoms with van der Waals surface area (Å²) in [6.45, 7) is 6.22. The predicted molar refractivity (Wildman–Crippen MR) is 93.2 cm³/mol. The van der Waals surface area contributed by atoms with Gasteiger partial charge in [0.25, 0.3) is 0 Å². The number of carbonyl (C=O) groups is 1. The summed E-state index contributed by atoms with van der Waals surface area (Å²) < 4.78 is 11.0. The average Bonchev–Trinajstić information content (AvgIpc) is 3.03. The maximum atomic E-state index is 12.7. The summed E-state index contributed by atoms with van der Waals surface area (Å²) in [5, 5.41) is 0. The molecule has 0 bridgehead atoms. The van der Waals surface area contributed by atoms with E-state index in [1.807, 2.05) is 12.1 Å². The fraction of sp³-hybridized carbons (Fsp3) is 0.632. The number of fused-ring (bicyclic) bond motifs is 1. The monoisotopic (exact) mass is 332 g/mol. The predicted octanol–water partition coefficient (Wildman–Crippen LogP) is 3.03. The number of amides is 1. The van der Waals surface area contributed by atoms with Gasteiger partial charge < -0.3 is 14.4 Å². The van der Waals surface area contributed by atoms with E-state index in [0.717, 1.165) is 49.5 Å². The van der Waals surface area contributed by atoms with Crippen LogP contribution in [0.5, 0.6) is 11.5 Å². The van der Waals surface area contributed by atoms with Crippen molar-refractivity contribution in [2.24, 2.45) is 0 Å². The molecule has 1 aromatic carbocycles. The molecule has 1 fully saturated rings. The van der Waals surface area contributed by atoms with E-state index in [1.54, 1.807) is 0 Å². The molecule has 0 atom stereocenters. The summed E-state index contributed by atoms with van der Waals surface area (Å²) in [6, 6.07) is 5.96. The molecule has 5 heteroatoms. The molecule has 2 aliphatic rings. The SMILES string of the molecule is CCN(CC(=O)N1CCCCCCC1)Cc1cccc2c1OCO2. The van der Waals surface area contributed by atoms with Crippen molar-refractivity contribution in [1.82, 2.24) is 9.80 Å². The molecule has 2 aliphatic heterocycles. The number of hydrogen-bond acceptors (Lipinski definition) is 4. The van der Waals surface area contributed by atoms with E-state index < -0.39 is 0 Å². The third-order valence-electron chi connectivity index (χ3n) is 4.89. The number of nitrogens with zero attached hydrogens (tertiary/aromatic N) is 2. The van der Waals surface area contributed by atoms with Gasteiger partial charge in [-0.05, 0) is 25.5 Å². The van der Waals surface area contributed by atoms with E-state index in [-0.39, 0.29) is 12.7 Å². The molecule has 1 saturated heterocycles. The van der Waals surface area contributed by atoms with Crippen LogP contribution in [0.25, 0.3) is 0 Å². The van der Waals surface area contributed by atoms with Gasteiger partial charge in [0.2, 0.25) is 12.7 Å². The molecule has 1 aromatic rings. The van der Waals surface area contributed by atoms with E-state index in [1.165, 1.54) is 19.3 Å². The van der Waals surface area contributed by atoms with Crippen LogP contribution in [0.15, 0.2) is 18.2 Å². The quantitative estimate of drug-likeness (QED) is 0.831. The van der Waals surface area contributed by atoms with Crippen molar-refractivity contribution in [2.45, 2.75) is 45.6 Å². The Morgan fingerprint density at radius 3 is 2.62 bits per heavy atom. The molecule has 0 unspecified atom stereocenters. The van der Waals surface area contributed by atoms with Crippen LogP contribution < -0.4 is 9.47 Å². The fourth-order valence-electron chi connectivity index (χ4n) is 3.42. The number of rotatable bonds is 5. The largest absolute Gasteiger partial charge is 0.454 e. The Morgan fingerprint density at radius 2 is 1.88 bits per heavy atom. The van der Waals surface area contributed by atoms with Gasteiger partial charge in [0.15, 0.2) is 11.5 Å². The minimum atomic E-state index is 0.253. The number of benzene rings is 1. The van der Waals surface area contributed by atoms with E-state index in [0.29, 0.717) is 13.1 Å². The number of carbonyl (C=O) groups excluding carboxylic acids is 1. The zero-order valence-electron chi connectivity index (χ0n) is 14.6. The van der Waals surface area contributed by atoms with Gasteiger partial charge in [-0.3, -0.25) is 9.69 Å². The van der Waals surface area contributed by atoms with Gasteiger partial charge in [-0.1, -0.05) is 38.3 Å². The van der Waals surface area contributed by atoms with Crippen LogP contribution in [-0.2, 0) is 11.3 Å². The highest BCUT2D eigenvalue weighted by molar-refractivity contribution is 5.78. The van der Waals surface area contributed by atoms with Crippen molar-refractivity contribution >= 4 is 5.91 Å². The zero-order chi connectivity index (χ0) is 16.8. The van der Waals surface area contributed by atoms with Crippen LogP contribution in [0.4, 0.5) is 0 Å². The molecule has 0 aliphatic carbocycles. The average molecular weight is 332 g/mol. The molecule has 0 spiro atoms. The van der Waals surface area contributed by atoms with E-state index in [9.17, 15) is 4.79 Å². The maximum absolute atomic E-state index is 12.7. The van der Waals surface area contributed by atoms with Gasteiger partial charge in [-0.15, -0.1) is 0 Å². The van der Waals surface area contributed by atoms with E-state index in [4.69, 9.17) is 9.47 Å². The smallest absolute Gasteiger partial charge is 0.236 e. The normalized spacial score (nSPS) is 17.7. The second kappa shape index (κ2) is 8.38. The van der Waals surface area contributed by atoms with Gasteiger partial charge in [0.05, 0.1) is 6.54 Å². The third-order valence-corrected chi connectivity index (χ3v) is 4.89. The van der Waals surface area contributed by atoms with Gasteiger partial charge in [0, 0.05) is 25.2 Å². The van der Waals surface area contributed by atoms with Crippen molar-refractivity contribution < 1.29 is 14.3 Å². The number of hydrogen-bond donors (Lipinski definition) is 0. The first-order chi connectivity index (χ1) is 11.8. The third kappa shape index (κ3) is 4.20. The second-order valence-corrected chi connectivity index (χ2v) is 6.60. The van der Waals surface area contributed by atoms with Gasteiger partial charge >= 0.3 is 0 Å². The van der Waals surface area contributed by atoms with Crippen LogP contribution in [-0.4, -0.2) is 48.7 Å². The minimum absolute atomic E-state index is 0.253. The highest BCUT2D eigenvalue weighted by Crippen LogP contribution is 2.35. The highest BCUT2D eigenvalue weighted by Gasteiger charge is 2.21. The van der Waals surface area contributed by atoms with Gasteiger partial charge in [0.1, 0.15) is 0 Å². The molecular formula is C19H28N2O3.